The molecule has 0 saturated carbocycles. The largest absolute Gasteiger partial charge is 0.497 e. The van der Waals surface area contributed by atoms with Gasteiger partial charge in [-0.3, -0.25) is 5.43 Å². The number of nitrogens with one attached hydrogen (secondary N) is 1. The van der Waals surface area contributed by atoms with Crippen LogP contribution in [0, 0.1) is 0 Å². The monoisotopic (exact) mass is 260 g/mol. The van der Waals surface area contributed by atoms with Crippen molar-refractivity contribution in [3.05, 3.63) is 60.2 Å². The van der Waals surface area contributed by atoms with Crippen LogP contribution in [0.4, 0.5) is 5.69 Å². The molecule has 0 atom stereocenters. The van der Waals surface area contributed by atoms with Gasteiger partial charge in [0.15, 0.2) is 5.17 Å². The van der Waals surface area contributed by atoms with Gasteiger partial charge < -0.3 is 4.74 Å². The highest BCUT2D eigenvalue weighted by Crippen LogP contribution is 2.15. The van der Waals surface area contributed by atoms with Gasteiger partial charge in [0.1, 0.15) is 5.75 Å². The van der Waals surface area contributed by atoms with Crippen molar-refractivity contribution >= 4 is 22.5 Å². The zero-order chi connectivity index (χ0) is 12.8. The Morgan fingerprint density at radius 2 is 1.72 bits per heavy atom. The highest BCUT2D eigenvalue weighted by atomic mass is 35.5. The van der Waals surface area contributed by atoms with E-state index in [1.54, 1.807) is 7.11 Å². The van der Waals surface area contributed by atoms with E-state index in [4.69, 9.17) is 16.3 Å². The molecular weight excluding hydrogens is 248 g/mol. The first-order valence-corrected chi connectivity index (χ1v) is 5.86. The van der Waals surface area contributed by atoms with Crippen molar-refractivity contribution in [3.63, 3.8) is 0 Å². The number of benzene rings is 2. The highest BCUT2D eigenvalue weighted by molar-refractivity contribution is 6.69. The van der Waals surface area contributed by atoms with Crippen LogP contribution in [-0.4, -0.2) is 12.3 Å². The predicted octanol–water partition coefficient (Wildman–Crippen LogP) is 3.71. The van der Waals surface area contributed by atoms with E-state index in [0.717, 1.165) is 17.0 Å². The van der Waals surface area contributed by atoms with E-state index < -0.39 is 0 Å². The molecule has 0 fully saturated rings. The lowest BCUT2D eigenvalue weighted by atomic mass is 10.2. The Morgan fingerprint density at radius 1 is 1.06 bits per heavy atom. The molecule has 92 valence electrons. The Kier molecular flexibility index (Phi) is 4.20. The standard InChI is InChI=1S/C14H13ClN2O/c1-18-13-9-7-12(8-10-13)16-17-14(15)11-5-3-2-4-6-11/h2-10,16H,1H3. The minimum Gasteiger partial charge on any atom is -0.497 e. The first-order valence-electron chi connectivity index (χ1n) is 5.48. The summed E-state index contributed by atoms with van der Waals surface area (Å²) in [4.78, 5) is 0. The van der Waals surface area contributed by atoms with E-state index in [0.29, 0.717) is 5.17 Å². The maximum atomic E-state index is 6.08. The van der Waals surface area contributed by atoms with Crippen molar-refractivity contribution < 1.29 is 4.74 Å². The molecule has 0 aliphatic carbocycles. The molecular formula is C14H13ClN2O. The van der Waals surface area contributed by atoms with Gasteiger partial charge in [0.2, 0.25) is 0 Å². The van der Waals surface area contributed by atoms with Gasteiger partial charge in [0, 0.05) is 5.56 Å². The van der Waals surface area contributed by atoms with Gasteiger partial charge in [-0.2, -0.15) is 5.10 Å². The Labute approximate surface area is 111 Å². The fraction of sp³-hybridized carbons (Fsp3) is 0.0714. The lowest BCUT2D eigenvalue weighted by Crippen LogP contribution is -1.96. The SMILES string of the molecule is COc1ccc(NN=C(Cl)c2ccccc2)cc1. The van der Waals surface area contributed by atoms with Crippen molar-refractivity contribution in [2.45, 2.75) is 0 Å². The van der Waals surface area contributed by atoms with Crippen molar-refractivity contribution in [3.8, 4) is 5.75 Å². The summed E-state index contributed by atoms with van der Waals surface area (Å²) in [5.41, 5.74) is 4.62. The van der Waals surface area contributed by atoms with E-state index >= 15 is 0 Å². The van der Waals surface area contributed by atoms with Gasteiger partial charge in [0.05, 0.1) is 12.8 Å². The third-order valence-electron chi connectivity index (χ3n) is 2.39. The number of halogens is 1. The van der Waals surface area contributed by atoms with E-state index in [-0.39, 0.29) is 0 Å². The molecule has 18 heavy (non-hydrogen) atoms. The lowest BCUT2D eigenvalue weighted by molar-refractivity contribution is 0.415. The molecule has 1 N–H and O–H groups in total. The van der Waals surface area contributed by atoms with Crippen LogP contribution in [-0.2, 0) is 0 Å². The number of hydrazone groups is 1. The van der Waals surface area contributed by atoms with Gasteiger partial charge in [-0.25, -0.2) is 0 Å². The number of hydrogen-bond donors (Lipinski definition) is 1. The minimum absolute atomic E-state index is 0.423. The summed E-state index contributed by atoms with van der Waals surface area (Å²) in [6.07, 6.45) is 0. The number of hydrogen-bond acceptors (Lipinski definition) is 3. The molecule has 2 aromatic rings. The summed E-state index contributed by atoms with van der Waals surface area (Å²) < 4.78 is 5.07. The summed E-state index contributed by atoms with van der Waals surface area (Å²) in [5.74, 6) is 0.804. The van der Waals surface area contributed by atoms with Crippen LogP contribution in [0.2, 0.25) is 0 Å². The normalized spacial score (nSPS) is 11.1. The zero-order valence-corrected chi connectivity index (χ0v) is 10.7. The van der Waals surface area contributed by atoms with Gasteiger partial charge in [0.25, 0.3) is 0 Å². The predicted molar refractivity (Wildman–Crippen MR) is 75.4 cm³/mol. The van der Waals surface area contributed by atoms with Crippen LogP contribution >= 0.6 is 11.6 Å². The Hall–Kier alpha value is -2.00. The molecule has 0 spiro atoms. The number of nitrogens with zero attached hydrogens (tertiary/aromatic N) is 1. The molecule has 0 aliphatic heterocycles. The lowest BCUT2D eigenvalue weighted by Gasteiger charge is -2.03. The van der Waals surface area contributed by atoms with Crippen molar-refractivity contribution in [1.29, 1.82) is 0 Å². The van der Waals surface area contributed by atoms with E-state index in [1.807, 2.05) is 54.6 Å². The minimum atomic E-state index is 0.423. The van der Waals surface area contributed by atoms with E-state index in [2.05, 4.69) is 10.5 Å². The molecule has 0 bridgehead atoms. The summed E-state index contributed by atoms with van der Waals surface area (Å²) in [6, 6.07) is 17.0. The summed E-state index contributed by atoms with van der Waals surface area (Å²) in [6.45, 7) is 0. The molecule has 0 amide bonds. The van der Waals surface area contributed by atoms with E-state index in [1.165, 1.54) is 0 Å². The van der Waals surface area contributed by atoms with Gasteiger partial charge in [-0.1, -0.05) is 41.9 Å². The Bertz CT molecular complexity index is 523. The molecule has 3 nitrogen and oxygen atoms in total. The maximum Gasteiger partial charge on any atom is 0.156 e. The molecule has 2 rings (SSSR count). The number of rotatable bonds is 4. The highest BCUT2D eigenvalue weighted by Gasteiger charge is 1.98. The second-order valence-electron chi connectivity index (χ2n) is 3.61. The first-order chi connectivity index (χ1) is 8.79. The van der Waals surface area contributed by atoms with Crippen LogP contribution in [0.5, 0.6) is 5.75 Å². The molecule has 0 unspecified atom stereocenters. The Morgan fingerprint density at radius 3 is 2.33 bits per heavy atom. The maximum absolute atomic E-state index is 6.08. The molecule has 4 heteroatoms. The fourth-order valence-electron chi connectivity index (χ4n) is 1.42. The topological polar surface area (TPSA) is 33.6 Å². The smallest absolute Gasteiger partial charge is 0.156 e. The van der Waals surface area contributed by atoms with Crippen LogP contribution < -0.4 is 10.2 Å². The van der Waals surface area contributed by atoms with Gasteiger partial charge in [-0.15, -0.1) is 0 Å². The first kappa shape index (κ1) is 12.5. The molecule has 0 heterocycles. The Balaban J connectivity index is 2.05. The van der Waals surface area contributed by atoms with Crippen LogP contribution in [0.15, 0.2) is 59.7 Å². The third-order valence-corrected chi connectivity index (χ3v) is 2.69. The molecule has 0 aromatic heterocycles. The van der Waals surface area contributed by atoms with Crippen molar-refractivity contribution in [2.75, 3.05) is 12.5 Å². The zero-order valence-electron chi connectivity index (χ0n) is 9.93. The summed E-state index contributed by atoms with van der Waals surface area (Å²) in [7, 11) is 1.63. The van der Waals surface area contributed by atoms with Gasteiger partial charge >= 0.3 is 0 Å². The van der Waals surface area contributed by atoms with Crippen molar-refractivity contribution in [1.82, 2.24) is 0 Å². The van der Waals surface area contributed by atoms with Gasteiger partial charge in [-0.05, 0) is 24.3 Å². The molecule has 0 saturated heterocycles. The van der Waals surface area contributed by atoms with Crippen LogP contribution in [0.1, 0.15) is 5.56 Å². The number of anilines is 1. The average molecular weight is 261 g/mol. The van der Waals surface area contributed by atoms with Crippen LogP contribution in [0.3, 0.4) is 0 Å². The second-order valence-corrected chi connectivity index (χ2v) is 3.97. The number of ether oxygens (including phenoxy) is 1. The number of methoxy groups -OCH3 is 1. The third kappa shape index (κ3) is 3.25. The summed E-state index contributed by atoms with van der Waals surface area (Å²) in [5, 5.41) is 4.53. The van der Waals surface area contributed by atoms with Crippen LogP contribution in [0.25, 0.3) is 0 Å². The second kappa shape index (κ2) is 6.07. The molecule has 0 aliphatic rings. The van der Waals surface area contributed by atoms with Crippen molar-refractivity contribution in [2.24, 2.45) is 5.10 Å². The summed E-state index contributed by atoms with van der Waals surface area (Å²) >= 11 is 6.08. The quantitative estimate of drug-likeness (QED) is 0.672. The van der Waals surface area contributed by atoms with E-state index in [9.17, 15) is 0 Å². The molecule has 0 radical (unpaired) electrons. The fourth-order valence-corrected chi connectivity index (χ4v) is 1.59. The average Bonchev–Trinajstić information content (AvgIpc) is 2.46. The molecule has 2 aromatic carbocycles.